The van der Waals surface area contributed by atoms with Crippen molar-refractivity contribution in [2.45, 2.75) is 32.8 Å². The van der Waals surface area contributed by atoms with Gasteiger partial charge in [-0.05, 0) is 44.7 Å². The minimum atomic E-state index is -0.525. The number of alkyl carbamates (subject to hydrolysis) is 1. The lowest BCUT2D eigenvalue weighted by Gasteiger charge is -2.19. The van der Waals surface area contributed by atoms with E-state index in [-0.39, 0.29) is 29.5 Å². The molecule has 33 heavy (non-hydrogen) atoms. The Kier molecular flexibility index (Phi) is 7.73. The van der Waals surface area contributed by atoms with E-state index in [1.54, 1.807) is 6.20 Å². The number of thioether (sulfide) groups is 1. The molecule has 0 unspecified atom stereocenters. The number of benzene rings is 1. The van der Waals surface area contributed by atoms with Crippen molar-refractivity contribution in [3.63, 3.8) is 0 Å². The van der Waals surface area contributed by atoms with Gasteiger partial charge in [-0.1, -0.05) is 17.8 Å². The standard InChI is InChI=1S/C22H26N6O3S.HI/c1-22(2,3)31-21(30)25-8-7-24-20(32-4)26-14-5-6-15-13(11-14)12-16-17(15)27-19(29)18-23-9-10-28(16)18;/h5-6,9-11H,7-8,12H2,1-4H3,(H,24,26)(H,25,30)(H,27,29);1H. The minimum Gasteiger partial charge on any atom is -0.444 e. The van der Waals surface area contributed by atoms with Gasteiger partial charge in [0, 0.05) is 36.6 Å². The molecule has 1 aliphatic carbocycles. The number of nitrogens with zero attached hydrogens (tertiary/aromatic N) is 3. The van der Waals surface area contributed by atoms with E-state index in [0.29, 0.717) is 25.2 Å². The third-order valence-electron chi connectivity index (χ3n) is 4.87. The SMILES string of the molecule is CSC(=NCCNC(=O)OC(C)(C)C)Nc1ccc2c(c1)Cc1c-2[nH]c(=O)c2nccn12.I. The predicted molar refractivity (Wildman–Crippen MR) is 143 cm³/mol. The number of aromatic nitrogens is 3. The number of fused-ring (bicyclic) bond motifs is 5. The first-order valence-corrected chi connectivity index (χ1v) is 11.5. The molecule has 4 rings (SSSR count). The van der Waals surface area contributed by atoms with Crippen molar-refractivity contribution in [1.29, 1.82) is 0 Å². The summed E-state index contributed by atoms with van der Waals surface area (Å²) in [6.45, 7) is 6.29. The van der Waals surface area contributed by atoms with Crippen LogP contribution in [0.3, 0.4) is 0 Å². The molecule has 0 saturated heterocycles. The highest BCUT2D eigenvalue weighted by molar-refractivity contribution is 14.0. The molecule has 1 amide bonds. The Bertz CT molecular complexity index is 1260. The van der Waals surface area contributed by atoms with Crippen molar-refractivity contribution >= 4 is 58.3 Å². The number of halogens is 1. The van der Waals surface area contributed by atoms with Crippen molar-refractivity contribution in [3.8, 4) is 11.3 Å². The summed E-state index contributed by atoms with van der Waals surface area (Å²) in [4.78, 5) is 35.7. The Hall–Kier alpha value is -2.54. The van der Waals surface area contributed by atoms with Gasteiger partial charge in [-0.25, -0.2) is 9.78 Å². The minimum absolute atomic E-state index is 0. The van der Waals surface area contributed by atoms with Crippen LogP contribution in [0.4, 0.5) is 10.5 Å². The maximum atomic E-state index is 12.3. The quantitative estimate of drug-likeness (QED) is 0.146. The Morgan fingerprint density at radius 2 is 2.15 bits per heavy atom. The number of H-pyrrole nitrogens is 1. The second kappa shape index (κ2) is 10.2. The van der Waals surface area contributed by atoms with Gasteiger partial charge in [0.25, 0.3) is 5.56 Å². The lowest BCUT2D eigenvalue weighted by atomic mass is 10.1. The Balaban J connectivity index is 0.00000306. The monoisotopic (exact) mass is 582 g/mol. The van der Waals surface area contributed by atoms with E-state index >= 15 is 0 Å². The molecule has 0 atom stereocenters. The van der Waals surface area contributed by atoms with Gasteiger partial charge in [0.1, 0.15) is 5.60 Å². The van der Waals surface area contributed by atoms with E-state index in [0.717, 1.165) is 33.4 Å². The zero-order valence-electron chi connectivity index (χ0n) is 18.9. The first-order chi connectivity index (χ1) is 15.2. The summed E-state index contributed by atoms with van der Waals surface area (Å²) in [5, 5.41) is 6.78. The van der Waals surface area contributed by atoms with Crippen molar-refractivity contribution in [2.75, 3.05) is 24.7 Å². The Labute approximate surface area is 212 Å². The largest absolute Gasteiger partial charge is 0.444 e. The van der Waals surface area contributed by atoms with Gasteiger partial charge in [-0.3, -0.25) is 14.2 Å². The summed E-state index contributed by atoms with van der Waals surface area (Å²) in [6, 6.07) is 6.04. The molecule has 0 saturated carbocycles. The third kappa shape index (κ3) is 5.69. The number of amides is 1. The molecule has 2 aromatic heterocycles. The average molecular weight is 582 g/mol. The molecule has 1 aromatic carbocycles. The van der Waals surface area contributed by atoms with Gasteiger partial charge in [-0.15, -0.1) is 24.0 Å². The van der Waals surface area contributed by atoms with E-state index in [1.807, 2.05) is 49.8 Å². The number of carbonyl (C=O) groups excluding carboxylic acids is 1. The highest BCUT2D eigenvalue weighted by Crippen LogP contribution is 2.36. The first-order valence-electron chi connectivity index (χ1n) is 10.3. The van der Waals surface area contributed by atoms with Crippen LogP contribution in [0, 0.1) is 0 Å². The summed E-state index contributed by atoms with van der Waals surface area (Å²) in [7, 11) is 0. The van der Waals surface area contributed by atoms with E-state index in [9.17, 15) is 9.59 Å². The maximum Gasteiger partial charge on any atom is 0.407 e. The predicted octanol–water partition coefficient (Wildman–Crippen LogP) is 3.87. The molecule has 0 aliphatic heterocycles. The van der Waals surface area contributed by atoms with Gasteiger partial charge in [0.2, 0.25) is 5.65 Å². The molecule has 0 radical (unpaired) electrons. The molecular formula is C22H27IN6O3S. The topological polar surface area (TPSA) is 113 Å². The number of aromatic amines is 1. The lowest BCUT2D eigenvalue weighted by Crippen LogP contribution is -2.33. The molecule has 1 aliphatic rings. The molecule has 3 aromatic rings. The number of rotatable bonds is 4. The molecule has 2 heterocycles. The van der Waals surface area contributed by atoms with Crippen LogP contribution in [0.1, 0.15) is 32.0 Å². The van der Waals surface area contributed by atoms with Gasteiger partial charge >= 0.3 is 6.09 Å². The first kappa shape index (κ1) is 25.1. The van der Waals surface area contributed by atoms with Crippen molar-refractivity contribution < 1.29 is 9.53 Å². The number of carbonyl (C=O) groups is 1. The zero-order valence-corrected chi connectivity index (χ0v) is 22.0. The van der Waals surface area contributed by atoms with Crippen molar-refractivity contribution in [3.05, 3.63) is 52.2 Å². The molecule has 0 fully saturated rings. The highest BCUT2D eigenvalue weighted by Gasteiger charge is 2.23. The summed E-state index contributed by atoms with van der Waals surface area (Å²) < 4.78 is 7.07. The normalized spacial score (nSPS) is 12.7. The number of hydrogen-bond acceptors (Lipinski definition) is 6. The fourth-order valence-electron chi connectivity index (χ4n) is 3.60. The van der Waals surface area contributed by atoms with Gasteiger partial charge in [0.05, 0.1) is 17.9 Å². The summed E-state index contributed by atoms with van der Waals surface area (Å²) >= 11 is 1.49. The van der Waals surface area contributed by atoms with Gasteiger partial charge in [-0.2, -0.15) is 0 Å². The van der Waals surface area contributed by atoms with Gasteiger partial charge < -0.3 is 20.4 Å². The summed E-state index contributed by atoms with van der Waals surface area (Å²) in [5.74, 6) is 0. The number of anilines is 1. The van der Waals surface area contributed by atoms with E-state index in [4.69, 9.17) is 4.74 Å². The second-order valence-electron chi connectivity index (χ2n) is 8.39. The van der Waals surface area contributed by atoms with Crippen LogP contribution >= 0.6 is 35.7 Å². The Morgan fingerprint density at radius 1 is 1.36 bits per heavy atom. The van der Waals surface area contributed by atoms with Crippen LogP contribution in [0.5, 0.6) is 0 Å². The van der Waals surface area contributed by atoms with Crippen LogP contribution < -0.4 is 16.2 Å². The zero-order chi connectivity index (χ0) is 22.9. The third-order valence-corrected chi connectivity index (χ3v) is 5.49. The summed E-state index contributed by atoms with van der Waals surface area (Å²) in [5.41, 5.74) is 4.60. The van der Waals surface area contributed by atoms with Crippen molar-refractivity contribution in [1.82, 2.24) is 19.7 Å². The molecule has 0 bridgehead atoms. The van der Waals surface area contributed by atoms with Crippen LogP contribution in [0.25, 0.3) is 16.9 Å². The number of ether oxygens (including phenoxy) is 1. The van der Waals surface area contributed by atoms with Crippen LogP contribution in [0.15, 0.2) is 40.4 Å². The fraction of sp³-hybridized carbons (Fsp3) is 0.364. The number of imidazole rings is 1. The molecule has 176 valence electrons. The fourth-order valence-corrected chi connectivity index (χ4v) is 4.04. The van der Waals surface area contributed by atoms with E-state index in [2.05, 4.69) is 31.7 Å². The van der Waals surface area contributed by atoms with Crippen LogP contribution in [-0.2, 0) is 11.2 Å². The second-order valence-corrected chi connectivity index (χ2v) is 9.18. The van der Waals surface area contributed by atoms with E-state index < -0.39 is 11.7 Å². The van der Waals surface area contributed by atoms with Crippen LogP contribution in [-0.4, -0.2) is 50.6 Å². The van der Waals surface area contributed by atoms with Gasteiger partial charge in [0.15, 0.2) is 5.17 Å². The molecule has 9 nitrogen and oxygen atoms in total. The maximum absolute atomic E-state index is 12.3. The van der Waals surface area contributed by atoms with E-state index in [1.165, 1.54) is 11.8 Å². The van der Waals surface area contributed by atoms with Crippen LogP contribution in [0.2, 0.25) is 0 Å². The summed E-state index contributed by atoms with van der Waals surface area (Å²) in [6.07, 6.45) is 5.65. The smallest absolute Gasteiger partial charge is 0.407 e. The lowest BCUT2D eigenvalue weighted by molar-refractivity contribution is 0.0529. The number of nitrogens with one attached hydrogen (secondary N) is 3. The molecule has 0 spiro atoms. The van der Waals surface area contributed by atoms with Crippen molar-refractivity contribution in [2.24, 2.45) is 4.99 Å². The highest BCUT2D eigenvalue weighted by atomic mass is 127. The molecule has 3 N–H and O–H groups in total. The average Bonchev–Trinajstić information content (AvgIpc) is 3.34. The molecule has 11 heteroatoms. The Morgan fingerprint density at radius 3 is 2.88 bits per heavy atom. The molecular weight excluding hydrogens is 555 g/mol. The number of aliphatic imine (C=N–C) groups is 1. The number of hydrogen-bond donors (Lipinski definition) is 3. The number of amidine groups is 1.